The number of aliphatic hydroxyl groups excluding tert-OH is 1. The molecule has 0 aliphatic heterocycles. The van der Waals surface area contributed by atoms with Crippen LogP contribution in [0, 0.1) is 6.92 Å². The first kappa shape index (κ1) is 24.1. The fourth-order valence-electron chi connectivity index (χ4n) is 5.41. The monoisotopic (exact) mass is 506 g/mol. The lowest BCUT2D eigenvalue weighted by Gasteiger charge is -2.25. The van der Waals surface area contributed by atoms with Gasteiger partial charge in [-0.1, -0.05) is 54.6 Å². The normalized spacial score (nSPS) is 17.6. The van der Waals surface area contributed by atoms with Gasteiger partial charge in [0, 0.05) is 17.7 Å². The SMILES string of the molecule is Cc1cc2ccccc2cc1C(=O)NCc1ccc(-c2nn(C3CCC(O)CC3)c3ncnc(N)c23)cc1. The summed E-state index contributed by atoms with van der Waals surface area (Å²) in [6, 6.07) is 20.2. The van der Waals surface area contributed by atoms with E-state index >= 15 is 0 Å². The maximum Gasteiger partial charge on any atom is 0.251 e. The lowest BCUT2D eigenvalue weighted by Crippen LogP contribution is -2.23. The minimum atomic E-state index is -0.245. The number of rotatable bonds is 5. The number of hydrogen-bond acceptors (Lipinski definition) is 6. The maximum absolute atomic E-state index is 13.0. The Hall–Kier alpha value is -4.30. The minimum absolute atomic E-state index is 0.0930. The number of aliphatic hydroxyl groups is 1. The third kappa shape index (κ3) is 4.48. The van der Waals surface area contributed by atoms with Gasteiger partial charge in [0.05, 0.1) is 17.5 Å². The lowest BCUT2D eigenvalue weighted by atomic mass is 9.93. The number of fused-ring (bicyclic) bond motifs is 2. The number of aromatic nitrogens is 4. The number of nitrogens with one attached hydrogen (secondary N) is 1. The van der Waals surface area contributed by atoms with Gasteiger partial charge in [-0.3, -0.25) is 4.79 Å². The van der Waals surface area contributed by atoms with E-state index in [9.17, 15) is 9.90 Å². The van der Waals surface area contributed by atoms with Crippen molar-refractivity contribution in [1.29, 1.82) is 0 Å². The molecule has 1 saturated carbocycles. The first-order valence-corrected chi connectivity index (χ1v) is 13.0. The summed E-state index contributed by atoms with van der Waals surface area (Å²) in [6.45, 7) is 2.38. The van der Waals surface area contributed by atoms with Crippen molar-refractivity contribution in [3.8, 4) is 11.3 Å². The molecule has 6 rings (SSSR count). The lowest BCUT2D eigenvalue weighted by molar-refractivity contribution is 0.0950. The van der Waals surface area contributed by atoms with Gasteiger partial charge in [-0.15, -0.1) is 0 Å². The molecule has 0 unspecified atom stereocenters. The quantitative estimate of drug-likeness (QED) is 0.311. The summed E-state index contributed by atoms with van der Waals surface area (Å²) in [5.74, 6) is 0.304. The van der Waals surface area contributed by atoms with E-state index in [0.29, 0.717) is 17.9 Å². The standard InChI is InChI=1S/C30H30N6O2/c1-18-14-21-4-2-3-5-22(21)15-25(18)30(38)32-16-19-6-8-20(9-7-19)27-26-28(31)33-17-34-29(26)36(35-27)23-10-12-24(37)13-11-23/h2-9,14-15,17,23-24,37H,10-13,16H2,1H3,(H,32,38)(H2,31,33,34). The Morgan fingerprint density at radius 1 is 1.03 bits per heavy atom. The van der Waals surface area contributed by atoms with Gasteiger partial charge < -0.3 is 16.2 Å². The maximum atomic E-state index is 13.0. The van der Waals surface area contributed by atoms with Crippen LogP contribution < -0.4 is 11.1 Å². The average Bonchev–Trinajstić information content (AvgIpc) is 3.33. The highest BCUT2D eigenvalue weighted by Crippen LogP contribution is 2.36. The van der Waals surface area contributed by atoms with Crippen molar-refractivity contribution < 1.29 is 9.90 Å². The van der Waals surface area contributed by atoms with E-state index in [1.165, 1.54) is 6.33 Å². The van der Waals surface area contributed by atoms with E-state index in [2.05, 4.69) is 21.4 Å². The van der Waals surface area contributed by atoms with Crippen LogP contribution in [0.2, 0.25) is 0 Å². The molecule has 3 aromatic carbocycles. The number of hydrogen-bond donors (Lipinski definition) is 3. The summed E-state index contributed by atoms with van der Waals surface area (Å²) in [6.07, 6.45) is 4.42. The highest BCUT2D eigenvalue weighted by Gasteiger charge is 2.26. The number of nitrogen functional groups attached to an aromatic ring is 1. The van der Waals surface area contributed by atoms with Crippen molar-refractivity contribution in [3.05, 3.63) is 83.7 Å². The number of anilines is 1. The largest absolute Gasteiger partial charge is 0.393 e. The van der Waals surface area contributed by atoms with Crippen LogP contribution >= 0.6 is 0 Å². The van der Waals surface area contributed by atoms with Crippen LogP contribution in [-0.2, 0) is 6.54 Å². The molecular weight excluding hydrogens is 476 g/mol. The van der Waals surface area contributed by atoms with Crippen molar-refractivity contribution in [3.63, 3.8) is 0 Å². The topological polar surface area (TPSA) is 119 Å². The highest BCUT2D eigenvalue weighted by molar-refractivity contribution is 6.00. The second-order valence-corrected chi connectivity index (χ2v) is 10.1. The molecule has 0 radical (unpaired) electrons. The fourth-order valence-corrected chi connectivity index (χ4v) is 5.41. The average molecular weight is 507 g/mol. The third-order valence-corrected chi connectivity index (χ3v) is 7.55. The summed E-state index contributed by atoms with van der Waals surface area (Å²) in [5, 5.41) is 20.8. The molecule has 1 fully saturated rings. The predicted octanol–water partition coefficient (Wildman–Crippen LogP) is 4.94. The van der Waals surface area contributed by atoms with Gasteiger partial charge in [-0.2, -0.15) is 5.10 Å². The Balaban J connectivity index is 1.23. The molecule has 1 aliphatic rings. The summed E-state index contributed by atoms with van der Waals surface area (Å²) < 4.78 is 1.95. The van der Waals surface area contributed by atoms with E-state index in [1.54, 1.807) is 0 Å². The van der Waals surface area contributed by atoms with Gasteiger partial charge >= 0.3 is 0 Å². The Labute approximate surface area is 220 Å². The molecule has 5 aromatic rings. The zero-order valence-corrected chi connectivity index (χ0v) is 21.3. The van der Waals surface area contributed by atoms with E-state index in [0.717, 1.165) is 69.9 Å². The number of aryl methyl sites for hydroxylation is 1. The van der Waals surface area contributed by atoms with Gasteiger partial charge in [0.15, 0.2) is 5.65 Å². The zero-order chi connectivity index (χ0) is 26.2. The molecule has 8 nitrogen and oxygen atoms in total. The van der Waals surface area contributed by atoms with Crippen LogP contribution in [0.25, 0.3) is 33.1 Å². The van der Waals surface area contributed by atoms with Gasteiger partial charge in [0.1, 0.15) is 17.8 Å². The summed E-state index contributed by atoms with van der Waals surface area (Å²) in [4.78, 5) is 21.7. The molecule has 2 heterocycles. The first-order chi connectivity index (χ1) is 18.5. The van der Waals surface area contributed by atoms with Crippen LogP contribution in [0.1, 0.15) is 53.2 Å². The van der Waals surface area contributed by atoms with Crippen LogP contribution in [0.5, 0.6) is 0 Å². The highest BCUT2D eigenvalue weighted by atomic mass is 16.3. The molecular formula is C30H30N6O2. The minimum Gasteiger partial charge on any atom is -0.393 e. The van der Waals surface area contributed by atoms with Gasteiger partial charge in [-0.05, 0) is 60.6 Å². The summed E-state index contributed by atoms with van der Waals surface area (Å²) in [7, 11) is 0. The second kappa shape index (κ2) is 9.87. The van der Waals surface area contributed by atoms with Crippen LogP contribution in [0.4, 0.5) is 5.82 Å². The molecule has 192 valence electrons. The molecule has 1 aliphatic carbocycles. The second-order valence-electron chi connectivity index (χ2n) is 10.1. The van der Waals surface area contributed by atoms with Crippen molar-refractivity contribution in [2.24, 2.45) is 0 Å². The van der Waals surface area contributed by atoms with Crippen molar-refractivity contribution in [2.45, 2.75) is 51.3 Å². The van der Waals surface area contributed by atoms with E-state index in [4.69, 9.17) is 10.8 Å². The number of carbonyl (C=O) groups excluding carboxylic acids is 1. The number of amides is 1. The molecule has 0 bridgehead atoms. The number of nitrogens with zero attached hydrogens (tertiary/aromatic N) is 4. The Morgan fingerprint density at radius 2 is 1.74 bits per heavy atom. The van der Waals surface area contributed by atoms with Crippen molar-refractivity contribution >= 4 is 33.5 Å². The van der Waals surface area contributed by atoms with E-state index < -0.39 is 0 Å². The zero-order valence-electron chi connectivity index (χ0n) is 21.3. The number of carbonyl (C=O) groups is 1. The molecule has 2 aromatic heterocycles. The van der Waals surface area contributed by atoms with Gasteiger partial charge in [0.2, 0.25) is 0 Å². The fraction of sp³-hybridized carbons (Fsp3) is 0.267. The van der Waals surface area contributed by atoms with Crippen molar-refractivity contribution in [1.82, 2.24) is 25.1 Å². The van der Waals surface area contributed by atoms with Gasteiger partial charge in [-0.25, -0.2) is 14.6 Å². The van der Waals surface area contributed by atoms with Gasteiger partial charge in [0.25, 0.3) is 5.91 Å². The Kier molecular flexibility index (Phi) is 6.25. The Morgan fingerprint density at radius 3 is 2.47 bits per heavy atom. The van der Waals surface area contributed by atoms with Crippen molar-refractivity contribution in [2.75, 3.05) is 5.73 Å². The van der Waals surface area contributed by atoms with E-state index in [-0.39, 0.29) is 18.1 Å². The smallest absolute Gasteiger partial charge is 0.251 e. The molecule has 38 heavy (non-hydrogen) atoms. The first-order valence-electron chi connectivity index (χ1n) is 13.0. The molecule has 4 N–H and O–H groups in total. The van der Waals surface area contributed by atoms with Crippen LogP contribution in [0.3, 0.4) is 0 Å². The molecule has 0 spiro atoms. The Bertz CT molecular complexity index is 1630. The predicted molar refractivity (Wildman–Crippen MR) is 149 cm³/mol. The number of nitrogens with two attached hydrogens (primary N) is 1. The molecule has 0 saturated heterocycles. The summed E-state index contributed by atoms with van der Waals surface area (Å²) >= 11 is 0. The molecule has 1 amide bonds. The number of benzene rings is 3. The third-order valence-electron chi connectivity index (χ3n) is 7.55. The van der Waals surface area contributed by atoms with Crippen LogP contribution in [0.15, 0.2) is 67.0 Å². The van der Waals surface area contributed by atoms with E-state index in [1.807, 2.05) is 66.2 Å². The summed E-state index contributed by atoms with van der Waals surface area (Å²) in [5.41, 5.74) is 11.3. The molecule has 0 atom stereocenters. The molecule has 8 heteroatoms. The van der Waals surface area contributed by atoms with Crippen LogP contribution in [-0.4, -0.2) is 36.9 Å².